The number of nitrogens with one attached hydrogen (secondary N) is 1. The SMILES string of the molecule is CC(C(=O)N=CSCNS(=O)(=O)C(F)F)N1C(=O)c2ccccc2C1=O. The Hall–Kier alpha value is -2.18. The zero-order valence-corrected chi connectivity index (χ0v) is 14.9. The van der Waals surface area contributed by atoms with Crippen molar-refractivity contribution in [2.75, 3.05) is 5.88 Å². The number of benzene rings is 1. The number of thioether (sulfide) groups is 1. The van der Waals surface area contributed by atoms with Crippen LogP contribution in [0.3, 0.4) is 0 Å². The van der Waals surface area contributed by atoms with Crippen molar-refractivity contribution in [2.45, 2.75) is 18.7 Å². The van der Waals surface area contributed by atoms with Crippen LogP contribution in [0.25, 0.3) is 0 Å². The van der Waals surface area contributed by atoms with Gasteiger partial charge in [0, 0.05) is 0 Å². The molecule has 0 fully saturated rings. The molecule has 0 aliphatic carbocycles. The van der Waals surface area contributed by atoms with Crippen molar-refractivity contribution >= 4 is 45.1 Å². The number of aliphatic imine (C=N–C) groups is 1. The van der Waals surface area contributed by atoms with Gasteiger partial charge in [0.2, 0.25) is 0 Å². The van der Waals surface area contributed by atoms with E-state index in [-0.39, 0.29) is 11.1 Å². The molecular formula is C14H13F2N3O5S2. The Kier molecular flexibility index (Phi) is 6.21. The molecular weight excluding hydrogens is 392 g/mol. The third-order valence-electron chi connectivity index (χ3n) is 3.40. The van der Waals surface area contributed by atoms with Crippen molar-refractivity contribution in [3.05, 3.63) is 35.4 Å². The van der Waals surface area contributed by atoms with Gasteiger partial charge in [-0.3, -0.25) is 19.3 Å². The molecule has 8 nitrogen and oxygen atoms in total. The quantitative estimate of drug-likeness (QED) is 0.239. The third kappa shape index (κ3) is 4.14. The fraction of sp³-hybridized carbons (Fsp3) is 0.286. The Balaban J connectivity index is 1.94. The lowest BCUT2D eigenvalue weighted by molar-refractivity contribution is -0.121. The van der Waals surface area contributed by atoms with Crippen molar-refractivity contribution in [1.82, 2.24) is 9.62 Å². The molecule has 1 aromatic rings. The van der Waals surface area contributed by atoms with Crippen molar-refractivity contribution in [3.8, 4) is 0 Å². The first-order chi connectivity index (χ1) is 12.2. The van der Waals surface area contributed by atoms with Crippen LogP contribution in [0.5, 0.6) is 0 Å². The molecule has 1 aliphatic heterocycles. The maximum Gasteiger partial charge on any atom is 0.350 e. The molecule has 140 valence electrons. The number of carbonyl (C=O) groups excluding carboxylic acids is 3. The lowest BCUT2D eigenvalue weighted by atomic mass is 10.1. The summed E-state index contributed by atoms with van der Waals surface area (Å²) in [5.41, 5.74) is 1.33. The largest absolute Gasteiger partial charge is 0.350 e. The fourth-order valence-corrected chi connectivity index (χ4v) is 3.39. The standard InChI is InChI=1S/C14H13F2N3O5S2/c1-8(11(20)17-6-25-7-18-26(23,24)14(15)16)19-12(21)9-4-2-3-5-10(9)13(19)22/h2-6,8,14,18H,7H2,1H3. The molecule has 26 heavy (non-hydrogen) atoms. The van der Waals surface area contributed by atoms with Gasteiger partial charge in [-0.15, -0.1) is 0 Å². The molecule has 0 aromatic heterocycles. The molecule has 1 unspecified atom stereocenters. The maximum atomic E-state index is 12.3. The topological polar surface area (TPSA) is 113 Å². The van der Waals surface area contributed by atoms with Crippen LogP contribution < -0.4 is 4.72 Å². The molecule has 0 saturated heterocycles. The van der Waals surface area contributed by atoms with Crippen LogP contribution in [-0.2, 0) is 14.8 Å². The number of carbonyl (C=O) groups is 3. The first kappa shape index (κ1) is 20.1. The summed E-state index contributed by atoms with van der Waals surface area (Å²) >= 11 is 0.650. The number of rotatable bonds is 7. The maximum absolute atomic E-state index is 12.3. The highest BCUT2D eigenvalue weighted by Gasteiger charge is 2.40. The van der Waals surface area contributed by atoms with E-state index < -0.39 is 45.4 Å². The number of amides is 3. The van der Waals surface area contributed by atoms with Gasteiger partial charge in [-0.1, -0.05) is 23.9 Å². The highest BCUT2D eigenvalue weighted by Crippen LogP contribution is 2.24. The molecule has 2 rings (SSSR count). The van der Waals surface area contributed by atoms with E-state index in [4.69, 9.17) is 0 Å². The summed E-state index contributed by atoms with van der Waals surface area (Å²) in [5, 5.41) is 0. The summed E-state index contributed by atoms with van der Waals surface area (Å²) in [6.45, 7) is 1.32. The molecule has 1 aromatic carbocycles. The van der Waals surface area contributed by atoms with Gasteiger partial charge in [0.05, 0.1) is 22.6 Å². The number of hydrogen-bond donors (Lipinski definition) is 1. The Morgan fingerprint density at radius 2 is 1.81 bits per heavy atom. The van der Waals surface area contributed by atoms with Crippen LogP contribution >= 0.6 is 11.8 Å². The van der Waals surface area contributed by atoms with Crippen LogP contribution in [0.15, 0.2) is 29.3 Å². The zero-order chi connectivity index (χ0) is 19.5. The first-order valence-corrected chi connectivity index (χ1v) is 9.68. The summed E-state index contributed by atoms with van der Waals surface area (Å²) in [6.07, 6.45) is 0. The van der Waals surface area contributed by atoms with E-state index in [1.54, 1.807) is 16.9 Å². The van der Waals surface area contributed by atoms with Crippen molar-refractivity contribution in [3.63, 3.8) is 0 Å². The van der Waals surface area contributed by atoms with Gasteiger partial charge in [-0.2, -0.15) is 13.5 Å². The normalized spacial score (nSPS) is 15.8. The molecule has 1 atom stereocenters. The smallest absolute Gasteiger partial charge is 0.270 e. The van der Waals surface area contributed by atoms with Gasteiger partial charge in [-0.25, -0.2) is 13.4 Å². The summed E-state index contributed by atoms with van der Waals surface area (Å²) in [6, 6.07) is 4.96. The van der Waals surface area contributed by atoms with E-state index in [0.29, 0.717) is 11.8 Å². The molecule has 0 radical (unpaired) electrons. The van der Waals surface area contributed by atoms with Crippen molar-refractivity contribution < 1.29 is 31.6 Å². The van der Waals surface area contributed by atoms with Gasteiger partial charge in [0.15, 0.2) is 0 Å². The number of alkyl halides is 2. The first-order valence-electron chi connectivity index (χ1n) is 7.08. The van der Waals surface area contributed by atoms with Crippen LogP contribution in [0.4, 0.5) is 8.78 Å². The lowest BCUT2D eigenvalue weighted by Gasteiger charge is -2.19. The lowest BCUT2D eigenvalue weighted by Crippen LogP contribution is -2.42. The highest BCUT2D eigenvalue weighted by molar-refractivity contribution is 8.12. The van der Waals surface area contributed by atoms with Gasteiger partial charge < -0.3 is 0 Å². The third-order valence-corrected chi connectivity index (χ3v) is 5.17. The van der Waals surface area contributed by atoms with Crippen molar-refractivity contribution in [2.24, 2.45) is 4.99 Å². The number of sulfonamides is 1. The average Bonchev–Trinajstić information content (AvgIpc) is 2.85. The monoisotopic (exact) mass is 405 g/mol. The van der Waals surface area contributed by atoms with Gasteiger partial charge in [0.25, 0.3) is 27.7 Å². The number of fused-ring (bicyclic) bond motifs is 1. The van der Waals surface area contributed by atoms with Crippen LogP contribution in [0, 0.1) is 0 Å². The van der Waals surface area contributed by atoms with E-state index in [1.807, 2.05) is 0 Å². The summed E-state index contributed by atoms with van der Waals surface area (Å²) < 4.78 is 47.4. The summed E-state index contributed by atoms with van der Waals surface area (Å²) in [4.78, 5) is 40.8. The minimum atomic E-state index is -4.72. The second kappa shape index (κ2) is 8.01. The van der Waals surface area contributed by atoms with E-state index in [2.05, 4.69) is 4.99 Å². The molecule has 3 amide bonds. The number of halogens is 2. The second-order valence-corrected chi connectivity index (χ2v) is 7.60. The highest BCUT2D eigenvalue weighted by atomic mass is 32.2. The molecule has 1 N–H and O–H groups in total. The van der Waals surface area contributed by atoms with Crippen molar-refractivity contribution in [1.29, 1.82) is 0 Å². The van der Waals surface area contributed by atoms with E-state index >= 15 is 0 Å². The second-order valence-electron chi connectivity index (χ2n) is 5.04. The number of imide groups is 1. The average molecular weight is 405 g/mol. The predicted molar refractivity (Wildman–Crippen MR) is 90.4 cm³/mol. The minimum absolute atomic E-state index is 0.192. The van der Waals surface area contributed by atoms with Gasteiger partial charge in [0.1, 0.15) is 6.04 Å². The zero-order valence-electron chi connectivity index (χ0n) is 13.3. The Morgan fingerprint density at radius 3 is 2.31 bits per heavy atom. The van der Waals surface area contributed by atoms with Crippen LogP contribution in [0.2, 0.25) is 0 Å². The van der Waals surface area contributed by atoms with E-state index in [0.717, 1.165) is 10.4 Å². The molecule has 0 bridgehead atoms. The summed E-state index contributed by atoms with van der Waals surface area (Å²) in [7, 11) is -4.72. The molecule has 0 spiro atoms. The van der Waals surface area contributed by atoms with Crippen LogP contribution in [0.1, 0.15) is 27.6 Å². The fourth-order valence-electron chi connectivity index (χ4n) is 2.08. The Bertz CT molecular complexity index is 838. The molecule has 0 saturated carbocycles. The van der Waals surface area contributed by atoms with Gasteiger partial charge in [-0.05, 0) is 19.1 Å². The summed E-state index contributed by atoms with van der Waals surface area (Å²) in [5.74, 6) is -6.05. The number of hydrogen-bond acceptors (Lipinski definition) is 6. The molecule has 1 heterocycles. The van der Waals surface area contributed by atoms with Crippen LogP contribution in [-0.4, -0.2) is 54.3 Å². The Labute approximate surface area is 151 Å². The Morgan fingerprint density at radius 1 is 1.27 bits per heavy atom. The number of nitrogens with zero attached hydrogens (tertiary/aromatic N) is 2. The minimum Gasteiger partial charge on any atom is -0.270 e. The molecule has 1 aliphatic rings. The predicted octanol–water partition coefficient (Wildman–Crippen LogP) is 1.06. The van der Waals surface area contributed by atoms with E-state index in [1.165, 1.54) is 19.1 Å². The van der Waals surface area contributed by atoms with E-state index in [9.17, 15) is 31.6 Å². The van der Waals surface area contributed by atoms with Gasteiger partial charge >= 0.3 is 5.76 Å². The molecule has 12 heteroatoms.